The number of aromatic nitrogens is 1. The van der Waals surface area contributed by atoms with Gasteiger partial charge in [-0.25, -0.2) is 0 Å². The van der Waals surface area contributed by atoms with E-state index in [9.17, 15) is 4.79 Å². The van der Waals surface area contributed by atoms with Gasteiger partial charge in [-0.3, -0.25) is 4.79 Å². The summed E-state index contributed by atoms with van der Waals surface area (Å²) in [6.45, 7) is 4.60. The third-order valence-corrected chi connectivity index (χ3v) is 4.00. The molecule has 6 heteroatoms. The zero-order chi connectivity index (χ0) is 13.1. The molecule has 0 aromatic carbocycles. The maximum Gasteiger partial charge on any atom is 0.270 e. The van der Waals surface area contributed by atoms with Gasteiger partial charge < -0.3 is 15.2 Å². The lowest BCUT2D eigenvalue weighted by atomic mass is 10.0. The number of carbonyl (C=O) groups excluding carboxylic acids is 1. The first-order valence-electron chi connectivity index (χ1n) is 6.19. The molecule has 0 unspecified atom stereocenters. The minimum absolute atomic E-state index is 0.0294. The Balaban J connectivity index is 2.13. The second kappa shape index (κ2) is 5.95. The maximum atomic E-state index is 12.4. The molecule has 0 spiro atoms. The number of nitrogens with zero attached hydrogens (tertiary/aromatic N) is 1. The number of hydrogen-bond acceptors (Lipinski definition) is 2. The van der Waals surface area contributed by atoms with Gasteiger partial charge in [-0.1, -0.05) is 23.2 Å². The van der Waals surface area contributed by atoms with Crippen molar-refractivity contribution in [2.45, 2.75) is 25.8 Å². The molecule has 0 aliphatic carbocycles. The molecule has 1 aromatic heterocycles. The summed E-state index contributed by atoms with van der Waals surface area (Å²) < 4.78 is 0. The van der Waals surface area contributed by atoms with Crippen LogP contribution in [0, 0.1) is 0 Å². The summed E-state index contributed by atoms with van der Waals surface area (Å²) in [6.07, 6.45) is 1.98. The van der Waals surface area contributed by atoms with E-state index in [-0.39, 0.29) is 5.91 Å². The van der Waals surface area contributed by atoms with Gasteiger partial charge in [0.2, 0.25) is 0 Å². The lowest BCUT2D eigenvalue weighted by Gasteiger charge is -2.33. The fourth-order valence-electron chi connectivity index (χ4n) is 2.36. The van der Waals surface area contributed by atoms with Gasteiger partial charge in [-0.05, 0) is 38.9 Å². The van der Waals surface area contributed by atoms with Crippen molar-refractivity contribution in [3.05, 3.63) is 21.9 Å². The number of aromatic amines is 1. The normalized spacial score (nSPS) is 16.8. The topological polar surface area (TPSA) is 48.1 Å². The number of hydrogen-bond donors (Lipinski definition) is 2. The van der Waals surface area contributed by atoms with E-state index >= 15 is 0 Å². The lowest BCUT2D eigenvalue weighted by Crippen LogP contribution is -2.46. The van der Waals surface area contributed by atoms with Crippen LogP contribution in [0.2, 0.25) is 10.2 Å². The van der Waals surface area contributed by atoms with Crippen molar-refractivity contribution in [1.29, 1.82) is 0 Å². The number of H-pyrrole nitrogens is 1. The zero-order valence-corrected chi connectivity index (χ0v) is 11.8. The second-order valence-electron chi connectivity index (χ2n) is 4.42. The highest BCUT2D eigenvalue weighted by Crippen LogP contribution is 2.24. The first-order chi connectivity index (χ1) is 8.63. The molecule has 1 aliphatic heterocycles. The van der Waals surface area contributed by atoms with Crippen LogP contribution in [0.4, 0.5) is 0 Å². The zero-order valence-electron chi connectivity index (χ0n) is 10.3. The van der Waals surface area contributed by atoms with E-state index in [1.807, 2.05) is 11.8 Å². The highest BCUT2D eigenvalue weighted by Gasteiger charge is 2.26. The standard InChI is InChI=1S/C12H17Cl2N3O/c1-2-17(8-3-5-15-6-4-8)12(18)10-7-9(13)11(14)16-10/h7-8,15-16H,2-6H2,1H3. The Morgan fingerprint density at radius 2 is 2.11 bits per heavy atom. The largest absolute Gasteiger partial charge is 0.340 e. The van der Waals surface area contributed by atoms with Gasteiger partial charge in [0.1, 0.15) is 10.8 Å². The number of rotatable bonds is 3. The van der Waals surface area contributed by atoms with Crippen LogP contribution >= 0.6 is 23.2 Å². The van der Waals surface area contributed by atoms with Crippen molar-refractivity contribution in [2.75, 3.05) is 19.6 Å². The maximum absolute atomic E-state index is 12.4. The van der Waals surface area contributed by atoms with Crippen molar-refractivity contribution in [3.8, 4) is 0 Å². The van der Waals surface area contributed by atoms with Crippen LogP contribution in [0.15, 0.2) is 6.07 Å². The molecule has 4 nitrogen and oxygen atoms in total. The average Bonchev–Trinajstić information content (AvgIpc) is 2.72. The van der Waals surface area contributed by atoms with Gasteiger partial charge in [0.05, 0.1) is 5.02 Å². The SMILES string of the molecule is CCN(C(=O)c1cc(Cl)c(Cl)[nH]1)C1CCNCC1. The molecule has 0 bridgehead atoms. The van der Waals surface area contributed by atoms with Gasteiger partial charge in [-0.15, -0.1) is 0 Å². The van der Waals surface area contributed by atoms with E-state index in [0.717, 1.165) is 25.9 Å². The number of piperidine rings is 1. The smallest absolute Gasteiger partial charge is 0.270 e. The van der Waals surface area contributed by atoms with E-state index < -0.39 is 0 Å². The van der Waals surface area contributed by atoms with Crippen molar-refractivity contribution in [2.24, 2.45) is 0 Å². The number of carbonyl (C=O) groups is 1. The molecule has 1 saturated heterocycles. The molecule has 0 radical (unpaired) electrons. The van der Waals surface area contributed by atoms with Gasteiger partial charge in [0, 0.05) is 12.6 Å². The Bertz CT molecular complexity index is 407. The summed E-state index contributed by atoms with van der Waals surface area (Å²) in [5, 5.41) is 4.01. The van der Waals surface area contributed by atoms with Gasteiger partial charge in [0.25, 0.3) is 5.91 Å². The Hall–Kier alpha value is -0.710. The van der Waals surface area contributed by atoms with Crippen molar-refractivity contribution >= 4 is 29.1 Å². The third kappa shape index (κ3) is 2.82. The summed E-state index contributed by atoms with van der Waals surface area (Å²) in [6, 6.07) is 1.89. The molecule has 0 atom stereocenters. The van der Waals surface area contributed by atoms with E-state index in [1.165, 1.54) is 0 Å². The van der Waals surface area contributed by atoms with Crippen molar-refractivity contribution in [1.82, 2.24) is 15.2 Å². The minimum atomic E-state index is -0.0294. The van der Waals surface area contributed by atoms with Crippen LogP contribution in [-0.2, 0) is 0 Å². The number of nitrogens with one attached hydrogen (secondary N) is 2. The van der Waals surface area contributed by atoms with Crippen LogP contribution in [0.5, 0.6) is 0 Å². The monoisotopic (exact) mass is 289 g/mol. The summed E-state index contributed by atoms with van der Waals surface area (Å²) in [7, 11) is 0. The van der Waals surface area contributed by atoms with E-state index in [4.69, 9.17) is 23.2 Å². The molecule has 1 fully saturated rings. The van der Waals surface area contributed by atoms with E-state index in [1.54, 1.807) is 6.07 Å². The van der Waals surface area contributed by atoms with Gasteiger partial charge in [0.15, 0.2) is 0 Å². The highest BCUT2D eigenvalue weighted by atomic mass is 35.5. The minimum Gasteiger partial charge on any atom is -0.340 e. The molecule has 2 N–H and O–H groups in total. The molecule has 2 heterocycles. The van der Waals surface area contributed by atoms with Gasteiger partial charge in [-0.2, -0.15) is 0 Å². The quantitative estimate of drug-likeness (QED) is 0.898. The fourth-order valence-corrected chi connectivity index (χ4v) is 2.67. The van der Waals surface area contributed by atoms with Crippen LogP contribution in [-0.4, -0.2) is 41.5 Å². The lowest BCUT2D eigenvalue weighted by molar-refractivity contribution is 0.0651. The third-order valence-electron chi connectivity index (χ3n) is 3.31. The molecule has 100 valence electrons. The van der Waals surface area contributed by atoms with Crippen LogP contribution in [0.3, 0.4) is 0 Å². The predicted octanol–water partition coefficient (Wildman–Crippen LogP) is 2.54. The van der Waals surface area contributed by atoms with Crippen molar-refractivity contribution in [3.63, 3.8) is 0 Å². The summed E-state index contributed by atoms with van der Waals surface area (Å²) >= 11 is 11.7. The Kier molecular flexibility index (Phi) is 4.54. The Labute approximate surface area is 117 Å². The van der Waals surface area contributed by atoms with Crippen LogP contribution in [0.25, 0.3) is 0 Å². The molecular formula is C12H17Cl2N3O. The fraction of sp³-hybridized carbons (Fsp3) is 0.583. The van der Waals surface area contributed by atoms with Gasteiger partial charge >= 0.3 is 0 Å². The molecule has 1 aromatic rings. The summed E-state index contributed by atoms with van der Waals surface area (Å²) in [5.74, 6) is -0.0294. The molecule has 0 saturated carbocycles. The number of amides is 1. The Morgan fingerprint density at radius 1 is 1.44 bits per heavy atom. The highest BCUT2D eigenvalue weighted by molar-refractivity contribution is 6.41. The predicted molar refractivity (Wildman–Crippen MR) is 73.4 cm³/mol. The number of halogens is 2. The molecule has 1 amide bonds. The molecule has 2 rings (SSSR count). The molecule has 1 aliphatic rings. The summed E-state index contributed by atoms with van der Waals surface area (Å²) in [5.41, 5.74) is 0.463. The molecule has 18 heavy (non-hydrogen) atoms. The first kappa shape index (κ1) is 13.7. The Morgan fingerprint density at radius 3 is 2.61 bits per heavy atom. The first-order valence-corrected chi connectivity index (χ1v) is 6.94. The second-order valence-corrected chi connectivity index (χ2v) is 5.20. The van der Waals surface area contributed by atoms with Crippen molar-refractivity contribution < 1.29 is 4.79 Å². The van der Waals surface area contributed by atoms with E-state index in [0.29, 0.717) is 28.5 Å². The van der Waals surface area contributed by atoms with Crippen LogP contribution in [0.1, 0.15) is 30.3 Å². The average molecular weight is 290 g/mol. The van der Waals surface area contributed by atoms with Crippen LogP contribution < -0.4 is 5.32 Å². The van der Waals surface area contributed by atoms with E-state index in [2.05, 4.69) is 10.3 Å². The summed E-state index contributed by atoms with van der Waals surface area (Å²) in [4.78, 5) is 17.1. The molecular weight excluding hydrogens is 273 g/mol.